The molecule has 2 heterocycles. The zero-order valence-electron chi connectivity index (χ0n) is 15.6. The van der Waals surface area contributed by atoms with Crippen LogP contribution in [-0.2, 0) is 0 Å². The van der Waals surface area contributed by atoms with E-state index in [1.54, 1.807) is 48.3 Å². The zero-order chi connectivity index (χ0) is 19.0. The molecule has 0 aromatic carbocycles. The standard InChI is InChI=1S/2C10H14N2S/c2*1-3-5-9(2)8-13-10-11-6-4-7-12-10/h2*3-4,6-7,9H,1,5,8H2,2H3/t2*9-/m10/s1. The number of rotatable bonds is 10. The summed E-state index contributed by atoms with van der Waals surface area (Å²) in [5, 5.41) is 1.72. The minimum Gasteiger partial charge on any atom is -0.231 e. The highest BCUT2D eigenvalue weighted by Gasteiger charge is 2.02. The maximum atomic E-state index is 4.14. The van der Waals surface area contributed by atoms with Gasteiger partial charge in [0.2, 0.25) is 0 Å². The van der Waals surface area contributed by atoms with Crippen LogP contribution >= 0.6 is 23.5 Å². The third kappa shape index (κ3) is 11.1. The van der Waals surface area contributed by atoms with Gasteiger partial charge in [-0.3, -0.25) is 0 Å². The van der Waals surface area contributed by atoms with Gasteiger partial charge in [-0.1, -0.05) is 49.5 Å². The Bertz CT molecular complexity index is 552. The molecule has 0 amide bonds. The normalized spacial score (nSPS) is 12.4. The lowest BCUT2D eigenvalue weighted by atomic mass is 10.1. The summed E-state index contributed by atoms with van der Waals surface area (Å²) in [6.07, 6.45) is 13.1. The first-order valence-electron chi connectivity index (χ1n) is 8.67. The van der Waals surface area contributed by atoms with Crippen LogP contribution in [0, 0.1) is 11.8 Å². The Morgan fingerprint density at radius 2 is 1.12 bits per heavy atom. The van der Waals surface area contributed by atoms with Gasteiger partial charge in [-0.25, -0.2) is 19.9 Å². The highest BCUT2D eigenvalue weighted by atomic mass is 32.2. The molecular weight excluding hydrogens is 360 g/mol. The summed E-state index contributed by atoms with van der Waals surface area (Å²) in [4.78, 5) is 16.5. The van der Waals surface area contributed by atoms with E-state index in [0.717, 1.165) is 34.7 Å². The molecule has 2 aromatic rings. The molecule has 0 bridgehead atoms. The predicted molar refractivity (Wildman–Crippen MR) is 113 cm³/mol. The molecule has 0 saturated carbocycles. The van der Waals surface area contributed by atoms with Crippen molar-refractivity contribution in [2.24, 2.45) is 11.8 Å². The SMILES string of the molecule is C=CC[C@@H](C)CSc1ncccn1.C=CC[C@H](C)CSc1ncccn1. The molecule has 0 saturated heterocycles. The molecule has 2 atom stereocenters. The van der Waals surface area contributed by atoms with Gasteiger partial charge in [0.25, 0.3) is 0 Å². The van der Waals surface area contributed by atoms with Crippen LogP contribution in [0.2, 0.25) is 0 Å². The lowest BCUT2D eigenvalue weighted by Gasteiger charge is -2.05. The van der Waals surface area contributed by atoms with E-state index in [-0.39, 0.29) is 0 Å². The largest absolute Gasteiger partial charge is 0.231 e. The molecule has 0 aliphatic rings. The number of allylic oxidation sites excluding steroid dienone is 2. The second-order valence-electron chi connectivity index (χ2n) is 5.94. The molecule has 6 heteroatoms. The van der Waals surface area contributed by atoms with Crippen LogP contribution in [0.3, 0.4) is 0 Å². The summed E-state index contributed by atoms with van der Waals surface area (Å²) < 4.78 is 0. The Labute approximate surface area is 166 Å². The van der Waals surface area contributed by atoms with Crippen molar-refractivity contribution in [3.8, 4) is 0 Å². The molecule has 0 aliphatic heterocycles. The van der Waals surface area contributed by atoms with Crippen molar-refractivity contribution in [2.45, 2.75) is 37.0 Å². The van der Waals surface area contributed by atoms with E-state index in [4.69, 9.17) is 0 Å². The molecule has 2 aromatic heterocycles. The second kappa shape index (κ2) is 14.5. The molecule has 4 nitrogen and oxygen atoms in total. The highest BCUT2D eigenvalue weighted by Crippen LogP contribution is 2.18. The van der Waals surface area contributed by atoms with Crippen molar-refractivity contribution in [1.29, 1.82) is 0 Å². The van der Waals surface area contributed by atoms with Gasteiger partial charge in [-0.2, -0.15) is 0 Å². The first-order valence-corrected chi connectivity index (χ1v) is 10.6. The number of nitrogens with zero attached hydrogens (tertiary/aromatic N) is 4. The third-order valence-electron chi connectivity index (χ3n) is 3.22. The van der Waals surface area contributed by atoms with Crippen LogP contribution in [0.4, 0.5) is 0 Å². The van der Waals surface area contributed by atoms with E-state index in [0.29, 0.717) is 11.8 Å². The lowest BCUT2D eigenvalue weighted by Crippen LogP contribution is -1.97. The van der Waals surface area contributed by atoms with E-state index < -0.39 is 0 Å². The molecule has 26 heavy (non-hydrogen) atoms. The van der Waals surface area contributed by atoms with Gasteiger partial charge in [-0.15, -0.1) is 13.2 Å². The van der Waals surface area contributed by atoms with E-state index in [2.05, 4.69) is 46.9 Å². The van der Waals surface area contributed by atoms with Gasteiger partial charge in [-0.05, 0) is 36.8 Å². The summed E-state index contributed by atoms with van der Waals surface area (Å²) in [7, 11) is 0. The zero-order valence-corrected chi connectivity index (χ0v) is 17.3. The first-order chi connectivity index (χ1) is 12.7. The van der Waals surface area contributed by atoms with E-state index in [1.807, 2.05) is 24.3 Å². The summed E-state index contributed by atoms with van der Waals surface area (Å²) in [5.74, 6) is 3.39. The van der Waals surface area contributed by atoms with Crippen molar-refractivity contribution >= 4 is 23.5 Å². The molecule has 0 unspecified atom stereocenters. The Morgan fingerprint density at radius 3 is 1.42 bits per heavy atom. The second-order valence-corrected chi connectivity index (χ2v) is 7.92. The maximum absolute atomic E-state index is 4.14. The number of hydrogen-bond acceptors (Lipinski definition) is 6. The Morgan fingerprint density at radius 1 is 0.769 bits per heavy atom. The van der Waals surface area contributed by atoms with Crippen LogP contribution in [-0.4, -0.2) is 31.4 Å². The van der Waals surface area contributed by atoms with Crippen molar-refractivity contribution < 1.29 is 0 Å². The van der Waals surface area contributed by atoms with Crippen LogP contribution in [0.15, 0.2) is 72.5 Å². The average molecular weight is 389 g/mol. The van der Waals surface area contributed by atoms with Crippen molar-refractivity contribution in [3.63, 3.8) is 0 Å². The fourth-order valence-electron chi connectivity index (χ4n) is 1.86. The first kappa shape index (κ1) is 22.4. The topological polar surface area (TPSA) is 51.6 Å². The van der Waals surface area contributed by atoms with E-state index in [1.165, 1.54) is 0 Å². The molecule has 2 rings (SSSR count). The van der Waals surface area contributed by atoms with Crippen LogP contribution in [0.5, 0.6) is 0 Å². The van der Waals surface area contributed by atoms with Crippen molar-refractivity contribution in [1.82, 2.24) is 19.9 Å². The summed E-state index contributed by atoms with van der Waals surface area (Å²) in [6, 6.07) is 3.66. The molecular formula is C20H28N4S2. The van der Waals surface area contributed by atoms with Gasteiger partial charge in [0.15, 0.2) is 10.3 Å². The fourth-order valence-corrected chi connectivity index (χ4v) is 3.54. The number of aromatic nitrogens is 4. The Balaban J connectivity index is 0.000000260. The van der Waals surface area contributed by atoms with Crippen molar-refractivity contribution in [3.05, 3.63) is 62.2 Å². The molecule has 0 spiro atoms. The van der Waals surface area contributed by atoms with Gasteiger partial charge >= 0.3 is 0 Å². The van der Waals surface area contributed by atoms with Crippen LogP contribution in [0.25, 0.3) is 0 Å². The number of thioether (sulfide) groups is 2. The third-order valence-corrected chi connectivity index (χ3v) is 5.63. The maximum Gasteiger partial charge on any atom is 0.187 e. The lowest BCUT2D eigenvalue weighted by molar-refractivity contribution is 0.675. The van der Waals surface area contributed by atoms with Gasteiger partial charge in [0.05, 0.1) is 0 Å². The minimum atomic E-state index is 0.645. The smallest absolute Gasteiger partial charge is 0.187 e. The van der Waals surface area contributed by atoms with Crippen LogP contribution < -0.4 is 0 Å². The quantitative estimate of drug-likeness (QED) is 0.302. The molecule has 0 fully saturated rings. The van der Waals surface area contributed by atoms with Gasteiger partial charge in [0.1, 0.15) is 0 Å². The molecule has 0 radical (unpaired) electrons. The molecule has 0 aliphatic carbocycles. The monoisotopic (exact) mass is 388 g/mol. The molecule has 140 valence electrons. The summed E-state index contributed by atoms with van der Waals surface area (Å²) >= 11 is 3.40. The fraction of sp³-hybridized carbons (Fsp3) is 0.400. The van der Waals surface area contributed by atoms with Crippen LogP contribution in [0.1, 0.15) is 26.7 Å². The van der Waals surface area contributed by atoms with Crippen molar-refractivity contribution in [2.75, 3.05) is 11.5 Å². The Hall–Kier alpha value is -1.66. The highest BCUT2D eigenvalue weighted by molar-refractivity contribution is 7.99. The van der Waals surface area contributed by atoms with E-state index >= 15 is 0 Å². The minimum absolute atomic E-state index is 0.645. The number of hydrogen-bond donors (Lipinski definition) is 0. The Kier molecular flexibility index (Phi) is 12.5. The summed E-state index contributed by atoms with van der Waals surface area (Å²) in [5.41, 5.74) is 0. The summed E-state index contributed by atoms with van der Waals surface area (Å²) in [6.45, 7) is 11.8. The van der Waals surface area contributed by atoms with Gasteiger partial charge < -0.3 is 0 Å². The van der Waals surface area contributed by atoms with Gasteiger partial charge in [0, 0.05) is 36.3 Å². The average Bonchev–Trinajstić information content (AvgIpc) is 2.67. The van der Waals surface area contributed by atoms with E-state index in [9.17, 15) is 0 Å². The predicted octanol–water partition coefficient (Wildman–Crippen LogP) is 5.56. The molecule has 0 N–H and O–H groups in total.